The van der Waals surface area contributed by atoms with Gasteiger partial charge in [-0.25, -0.2) is 0 Å². The number of rotatable bonds is 2. The van der Waals surface area contributed by atoms with E-state index in [2.05, 4.69) is 4.98 Å². The van der Waals surface area contributed by atoms with E-state index in [4.69, 9.17) is 5.26 Å². The molecule has 4 aromatic rings. The number of nitriles is 1. The molecule has 0 saturated carbocycles. The molecule has 26 heavy (non-hydrogen) atoms. The number of thiophene rings is 2. The Hall–Kier alpha value is -3.28. The Kier molecular flexibility index (Phi) is 3.68. The molecular formula is C18H10N2O4S2. The van der Waals surface area contributed by atoms with Crippen molar-refractivity contribution in [1.82, 2.24) is 4.98 Å². The summed E-state index contributed by atoms with van der Waals surface area (Å²) >= 11 is 2.65. The maximum atomic E-state index is 11.8. The van der Waals surface area contributed by atoms with Gasteiger partial charge >= 0.3 is 0 Å². The number of phenolic OH excluding ortho intramolecular Hbond substituents is 2. The molecule has 0 unspecified atom stereocenters. The average Bonchev–Trinajstić information content (AvgIpc) is 3.22. The van der Waals surface area contributed by atoms with E-state index in [9.17, 15) is 20.1 Å². The highest BCUT2D eigenvalue weighted by Crippen LogP contribution is 2.44. The SMILES string of the molecule is N#Cc1c(O)c2c(-c3ccc(-c4ccc(O)cc4O)s3)csc2[nH]c1=O. The van der Waals surface area contributed by atoms with Crippen LogP contribution < -0.4 is 5.56 Å². The average molecular weight is 382 g/mol. The molecule has 3 heterocycles. The summed E-state index contributed by atoms with van der Waals surface area (Å²) in [7, 11) is 0. The van der Waals surface area contributed by atoms with E-state index in [1.807, 2.05) is 12.1 Å². The van der Waals surface area contributed by atoms with Gasteiger partial charge in [0.25, 0.3) is 5.56 Å². The zero-order valence-corrected chi connectivity index (χ0v) is 14.6. The number of hydrogen-bond acceptors (Lipinski definition) is 7. The molecule has 8 heteroatoms. The molecule has 1 aromatic carbocycles. The maximum Gasteiger partial charge on any atom is 0.270 e. The van der Waals surface area contributed by atoms with Crippen LogP contribution in [0.4, 0.5) is 0 Å². The van der Waals surface area contributed by atoms with Crippen LogP contribution in [0.3, 0.4) is 0 Å². The number of nitrogens with zero attached hydrogens (tertiary/aromatic N) is 1. The zero-order chi connectivity index (χ0) is 18.4. The Morgan fingerprint density at radius 1 is 1.04 bits per heavy atom. The molecule has 0 spiro atoms. The molecule has 4 N–H and O–H groups in total. The van der Waals surface area contributed by atoms with Gasteiger partial charge in [0.2, 0.25) is 0 Å². The largest absolute Gasteiger partial charge is 0.508 e. The predicted molar refractivity (Wildman–Crippen MR) is 101 cm³/mol. The number of benzene rings is 1. The summed E-state index contributed by atoms with van der Waals surface area (Å²) in [5.74, 6) is -0.387. The fourth-order valence-corrected chi connectivity index (χ4v) is 4.82. The van der Waals surface area contributed by atoms with Gasteiger partial charge < -0.3 is 20.3 Å². The minimum Gasteiger partial charge on any atom is -0.508 e. The van der Waals surface area contributed by atoms with Crippen LogP contribution in [-0.4, -0.2) is 20.3 Å². The van der Waals surface area contributed by atoms with Crippen molar-refractivity contribution in [2.24, 2.45) is 0 Å². The molecule has 4 rings (SSSR count). The lowest BCUT2D eigenvalue weighted by Crippen LogP contribution is -2.09. The van der Waals surface area contributed by atoms with Crippen LogP contribution in [0.1, 0.15) is 5.56 Å². The van der Waals surface area contributed by atoms with Crippen LogP contribution in [-0.2, 0) is 0 Å². The van der Waals surface area contributed by atoms with Crippen molar-refractivity contribution in [3.63, 3.8) is 0 Å². The summed E-state index contributed by atoms with van der Waals surface area (Å²) in [4.78, 5) is 16.5. The van der Waals surface area contributed by atoms with Crippen LogP contribution >= 0.6 is 22.7 Å². The predicted octanol–water partition coefficient (Wildman–Crippen LogP) is 3.97. The Bertz CT molecular complexity index is 1260. The van der Waals surface area contributed by atoms with Crippen molar-refractivity contribution < 1.29 is 15.3 Å². The summed E-state index contributed by atoms with van der Waals surface area (Å²) in [6.45, 7) is 0. The molecule has 0 fully saturated rings. The van der Waals surface area contributed by atoms with E-state index in [1.54, 1.807) is 17.5 Å². The third kappa shape index (κ3) is 2.42. The second-order valence-corrected chi connectivity index (χ2v) is 7.47. The Morgan fingerprint density at radius 2 is 1.77 bits per heavy atom. The number of fused-ring (bicyclic) bond motifs is 1. The number of aromatic nitrogens is 1. The molecule has 3 aromatic heterocycles. The number of phenols is 2. The van der Waals surface area contributed by atoms with E-state index in [-0.39, 0.29) is 22.8 Å². The smallest absolute Gasteiger partial charge is 0.270 e. The van der Waals surface area contributed by atoms with Gasteiger partial charge in [-0.2, -0.15) is 5.26 Å². The Labute approximate surface area is 154 Å². The zero-order valence-electron chi connectivity index (χ0n) is 13.0. The number of pyridine rings is 1. The standard InChI is InChI=1S/C18H10N2O4S2/c19-6-10-16(23)15-11(7-25-18(15)20-17(10)24)14-4-3-13(26-14)9-2-1-8(21)5-12(9)22/h1-5,7,21-22H,(H2,20,23,24). The molecule has 0 atom stereocenters. The summed E-state index contributed by atoms with van der Waals surface area (Å²) in [6, 6.07) is 9.76. The number of hydrogen-bond donors (Lipinski definition) is 4. The number of nitrogens with one attached hydrogen (secondary N) is 1. The van der Waals surface area contributed by atoms with E-state index in [1.165, 1.54) is 34.8 Å². The molecule has 128 valence electrons. The molecule has 0 amide bonds. The van der Waals surface area contributed by atoms with Crippen LogP contribution in [0, 0.1) is 11.3 Å². The van der Waals surface area contributed by atoms with Gasteiger partial charge in [-0.1, -0.05) is 0 Å². The van der Waals surface area contributed by atoms with Gasteiger partial charge in [0.05, 0.1) is 5.39 Å². The third-order valence-electron chi connectivity index (χ3n) is 3.95. The molecule has 0 aliphatic rings. The summed E-state index contributed by atoms with van der Waals surface area (Å²) < 4.78 is 0. The van der Waals surface area contributed by atoms with Gasteiger partial charge in [0.15, 0.2) is 5.56 Å². The summed E-state index contributed by atoms with van der Waals surface area (Å²) in [6.07, 6.45) is 0. The quantitative estimate of drug-likeness (QED) is 0.418. The first-order valence-electron chi connectivity index (χ1n) is 7.38. The van der Waals surface area contributed by atoms with Crippen molar-refractivity contribution in [2.75, 3.05) is 0 Å². The molecule has 0 bridgehead atoms. The second-order valence-electron chi connectivity index (χ2n) is 5.51. The van der Waals surface area contributed by atoms with Gasteiger partial charge in [-0.3, -0.25) is 4.79 Å². The van der Waals surface area contributed by atoms with Crippen LogP contribution in [0.25, 0.3) is 31.1 Å². The lowest BCUT2D eigenvalue weighted by atomic mass is 10.1. The lowest BCUT2D eigenvalue weighted by molar-refractivity contribution is 0.452. The van der Waals surface area contributed by atoms with E-state index >= 15 is 0 Å². The molecule has 0 saturated heterocycles. The van der Waals surface area contributed by atoms with Crippen molar-refractivity contribution in [3.05, 3.63) is 51.6 Å². The molecule has 0 aliphatic heterocycles. The van der Waals surface area contributed by atoms with E-state index in [0.717, 1.165) is 9.75 Å². The Morgan fingerprint density at radius 3 is 2.46 bits per heavy atom. The van der Waals surface area contributed by atoms with Crippen molar-refractivity contribution in [3.8, 4) is 44.2 Å². The van der Waals surface area contributed by atoms with Crippen molar-refractivity contribution >= 4 is 32.9 Å². The molecule has 0 radical (unpaired) electrons. The highest BCUT2D eigenvalue weighted by molar-refractivity contribution is 7.20. The number of aromatic amines is 1. The van der Waals surface area contributed by atoms with Gasteiger partial charge in [0, 0.05) is 32.3 Å². The van der Waals surface area contributed by atoms with Crippen molar-refractivity contribution in [2.45, 2.75) is 0 Å². The topological polar surface area (TPSA) is 117 Å². The van der Waals surface area contributed by atoms with E-state index in [0.29, 0.717) is 21.3 Å². The van der Waals surface area contributed by atoms with Crippen LogP contribution in [0.5, 0.6) is 17.2 Å². The normalized spacial score (nSPS) is 10.9. The summed E-state index contributed by atoms with van der Waals surface area (Å²) in [5.41, 5.74) is 0.343. The third-order valence-corrected chi connectivity index (χ3v) is 6.00. The highest BCUT2D eigenvalue weighted by Gasteiger charge is 2.19. The monoisotopic (exact) mass is 382 g/mol. The van der Waals surface area contributed by atoms with Crippen LogP contribution in [0.2, 0.25) is 0 Å². The van der Waals surface area contributed by atoms with Gasteiger partial charge in [-0.15, -0.1) is 22.7 Å². The lowest BCUT2D eigenvalue weighted by Gasteiger charge is -2.02. The highest BCUT2D eigenvalue weighted by atomic mass is 32.1. The minimum atomic E-state index is -0.619. The maximum absolute atomic E-state index is 11.8. The number of aromatic hydroxyl groups is 3. The summed E-state index contributed by atoms with van der Waals surface area (Å²) in [5, 5.41) is 41.1. The van der Waals surface area contributed by atoms with Crippen molar-refractivity contribution in [1.29, 1.82) is 5.26 Å². The first-order valence-corrected chi connectivity index (χ1v) is 9.08. The minimum absolute atomic E-state index is 0.0234. The fraction of sp³-hybridized carbons (Fsp3) is 0. The first-order chi connectivity index (χ1) is 12.5. The fourth-order valence-electron chi connectivity index (χ4n) is 2.72. The van der Waals surface area contributed by atoms with Gasteiger partial charge in [0.1, 0.15) is 28.1 Å². The first kappa shape index (κ1) is 16.2. The van der Waals surface area contributed by atoms with Crippen LogP contribution in [0.15, 0.2) is 40.5 Å². The Balaban J connectivity index is 1.89. The van der Waals surface area contributed by atoms with Gasteiger partial charge in [-0.05, 0) is 24.3 Å². The molecule has 6 nitrogen and oxygen atoms in total. The molecular weight excluding hydrogens is 372 g/mol. The van der Waals surface area contributed by atoms with E-state index < -0.39 is 5.56 Å². The second kappa shape index (κ2) is 5.91. The number of H-pyrrole nitrogens is 1. The molecule has 0 aliphatic carbocycles.